The van der Waals surface area contributed by atoms with Crippen molar-refractivity contribution in [1.82, 2.24) is 15.3 Å². The van der Waals surface area contributed by atoms with Crippen molar-refractivity contribution in [2.75, 3.05) is 11.9 Å². The molecular weight excluding hydrogens is 348 g/mol. The van der Waals surface area contributed by atoms with Crippen LogP contribution in [0, 0.1) is 0 Å². The monoisotopic (exact) mass is 356 g/mol. The van der Waals surface area contributed by atoms with Crippen LogP contribution in [0.1, 0.15) is 0 Å². The second-order valence-electron chi connectivity index (χ2n) is 3.59. The summed E-state index contributed by atoms with van der Waals surface area (Å²) in [5.41, 5.74) is 1.32. The first-order valence-electron chi connectivity index (χ1n) is 5.39. The number of rotatable bonds is 4. The number of amides is 2. The SMILES string of the molecule is O=C(O)NCC(=O)Nc1nc(-c2cccc(Br)n2)cs1. The Morgan fingerprint density at radius 2 is 2.10 bits per heavy atom. The molecule has 0 unspecified atom stereocenters. The van der Waals surface area contributed by atoms with Gasteiger partial charge in [0.25, 0.3) is 0 Å². The minimum absolute atomic E-state index is 0.320. The third-order valence-corrected chi connectivity index (χ3v) is 3.33. The molecule has 2 rings (SSSR count). The molecule has 0 fully saturated rings. The van der Waals surface area contributed by atoms with Gasteiger partial charge in [0.1, 0.15) is 16.8 Å². The van der Waals surface area contributed by atoms with E-state index in [0.29, 0.717) is 21.1 Å². The molecule has 2 amide bonds. The average molecular weight is 357 g/mol. The molecule has 0 saturated carbocycles. The van der Waals surface area contributed by atoms with Crippen LogP contribution in [0.5, 0.6) is 0 Å². The normalized spacial score (nSPS) is 10.1. The molecule has 2 aromatic rings. The first-order chi connectivity index (χ1) is 9.54. The highest BCUT2D eigenvalue weighted by molar-refractivity contribution is 9.10. The maximum atomic E-state index is 11.4. The van der Waals surface area contributed by atoms with E-state index in [9.17, 15) is 9.59 Å². The third kappa shape index (κ3) is 4.00. The van der Waals surface area contributed by atoms with Gasteiger partial charge in [-0.2, -0.15) is 0 Å². The molecule has 9 heteroatoms. The lowest BCUT2D eigenvalue weighted by Crippen LogP contribution is -2.31. The van der Waals surface area contributed by atoms with Crippen LogP contribution in [-0.2, 0) is 4.79 Å². The fourth-order valence-corrected chi connectivity index (χ4v) is 2.38. The van der Waals surface area contributed by atoms with Crippen LogP contribution in [0.25, 0.3) is 11.4 Å². The van der Waals surface area contributed by atoms with Crippen LogP contribution in [0.3, 0.4) is 0 Å². The molecule has 104 valence electrons. The summed E-state index contributed by atoms with van der Waals surface area (Å²) in [5.74, 6) is -0.476. The molecular formula is C11H9BrN4O3S. The molecule has 0 radical (unpaired) electrons. The minimum Gasteiger partial charge on any atom is -0.465 e. The number of aromatic nitrogens is 2. The van der Waals surface area contributed by atoms with Crippen LogP contribution in [-0.4, -0.2) is 33.6 Å². The van der Waals surface area contributed by atoms with Crippen molar-refractivity contribution in [3.05, 3.63) is 28.2 Å². The molecule has 3 N–H and O–H groups in total. The molecule has 2 aromatic heterocycles. The van der Waals surface area contributed by atoms with E-state index in [4.69, 9.17) is 5.11 Å². The number of carboxylic acid groups (broad SMARTS) is 1. The largest absolute Gasteiger partial charge is 0.465 e. The smallest absolute Gasteiger partial charge is 0.405 e. The highest BCUT2D eigenvalue weighted by Crippen LogP contribution is 2.24. The maximum absolute atomic E-state index is 11.4. The van der Waals surface area contributed by atoms with Crippen LogP contribution >= 0.6 is 27.3 Å². The van der Waals surface area contributed by atoms with E-state index in [0.717, 1.165) is 0 Å². The van der Waals surface area contributed by atoms with Crippen LogP contribution in [0.4, 0.5) is 9.93 Å². The van der Waals surface area contributed by atoms with Crippen LogP contribution in [0.15, 0.2) is 28.2 Å². The number of pyridine rings is 1. The highest BCUT2D eigenvalue weighted by atomic mass is 79.9. The number of thiazole rings is 1. The fraction of sp³-hybridized carbons (Fsp3) is 0.0909. The van der Waals surface area contributed by atoms with Gasteiger partial charge in [-0.25, -0.2) is 14.8 Å². The van der Waals surface area contributed by atoms with Crippen molar-refractivity contribution >= 4 is 44.4 Å². The number of hydrogen-bond donors (Lipinski definition) is 3. The summed E-state index contributed by atoms with van der Waals surface area (Å²) >= 11 is 4.51. The molecule has 2 heterocycles. The van der Waals surface area contributed by atoms with E-state index in [1.165, 1.54) is 11.3 Å². The lowest BCUT2D eigenvalue weighted by molar-refractivity contribution is -0.115. The van der Waals surface area contributed by atoms with Gasteiger partial charge in [0.15, 0.2) is 5.13 Å². The molecule has 7 nitrogen and oxygen atoms in total. The van der Waals surface area contributed by atoms with Gasteiger partial charge in [-0.15, -0.1) is 11.3 Å². The molecule has 0 spiro atoms. The first-order valence-corrected chi connectivity index (χ1v) is 7.07. The summed E-state index contributed by atoms with van der Waals surface area (Å²) in [6.07, 6.45) is -1.25. The summed E-state index contributed by atoms with van der Waals surface area (Å²) < 4.78 is 0.694. The number of carbonyl (C=O) groups excluding carboxylic acids is 1. The topological polar surface area (TPSA) is 104 Å². The number of halogens is 1. The van der Waals surface area contributed by atoms with E-state index in [1.54, 1.807) is 17.5 Å². The second kappa shape index (κ2) is 6.44. The van der Waals surface area contributed by atoms with Gasteiger partial charge in [-0.3, -0.25) is 4.79 Å². The lowest BCUT2D eigenvalue weighted by Gasteiger charge is -2.01. The van der Waals surface area contributed by atoms with E-state index >= 15 is 0 Å². The fourth-order valence-electron chi connectivity index (χ4n) is 1.32. The Morgan fingerprint density at radius 3 is 2.80 bits per heavy atom. The Labute approximate surface area is 126 Å². The quantitative estimate of drug-likeness (QED) is 0.728. The highest BCUT2D eigenvalue weighted by Gasteiger charge is 2.09. The Morgan fingerprint density at radius 1 is 1.30 bits per heavy atom. The van der Waals surface area contributed by atoms with Gasteiger partial charge in [0.05, 0.1) is 5.69 Å². The Kier molecular flexibility index (Phi) is 4.64. The molecule has 0 aliphatic carbocycles. The molecule has 0 aromatic carbocycles. The summed E-state index contributed by atoms with van der Waals surface area (Å²) in [7, 11) is 0. The standard InChI is InChI=1S/C11H9BrN4O3S/c12-8-3-1-2-6(14-8)7-5-20-10(15-7)16-9(17)4-13-11(18)19/h1-3,5,13H,4H2,(H,18,19)(H,15,16,17). The van der Waals surface area contributed by atoms with Gasteiger partial charge < -0.3 is 15.7 Å². The predicted octanol–water partition coefficient (Wildman–Crippen LogP) is 2.17. The zero-order valence-corrected chi connectivity index (χ0v) is 12.4. The summed E-state index contributed by atoms with van der Waals surface area (Å²) in [6.45, 7) is -0.320. The van der Waals surface area contributed by atoms with Gasteiger partial charge in [0, 0.05) is 5.38 Å². The third-order valence-electron chi connectivity index (χ3n) is 2.13. The van der Waals surface area contributed by atoms with Crippen LogP contribution in [0.2, 0.25) is 0 Å². The van der Waals surface area contributed by atoms with E-state index in [-0.39, 0.29) is 6.54 Å². The number of hydrogen-bond acceptors (Lipinski definition) is 5. The number of carbonyl (C=O) groups is 2. The Bertz CT molecular complexity index is 646. The zero-order valence-electron chi connectivity index (χ0n) is 9.96. The average Bonchev–Trinajstić information content (AvgIpc) is 2.85. The summed E-state index contributed by atoms with van der Waals surface area (Å²) in [5, 5.41) is 15.0. The summed E-state index contributed by atoms with van der Waals surface area (Å²) in [6, 6.07) is 5.44. The first kappa shape index (κ1) is 14.4. The Balaban J connectivity index is 2.02. The molecule has 0 saturated heterocycles. The number of nitrogens with zero attached hydrogens (tertiary/aromatic N) is 2. The number of nitrogens with one attached hydrogen (secondary N) is 2. The second-order valence-corrected chi connectivity index (χ2v) is 5.26. The van der Waals surface area contributed by atoms with Crippen molar-refractivity contribution in [2.24, 2.45) is 0 Å². The summed E-state index contributed by atoms with van der Waals surface area (Å²) in [4.78, 5) is 30.2. The zero-order chi connectivity index (χ0) is 14.5. The van der Waals surface area contributed by atoms with Crippen LogP contribution < -0.4 is 10.6 Å². The van der Waals surface area contributed by atoms with Gasteiger partial charge in [0.2, 0.25) is 5.91 Å². The van der Waals surface area contributed by atoms with Gasteiger partial charge in [-0.05, 0) is 28.1 Å². The molecule has 0 atom stereocenters. The van der Waals surface area contributed by atoms with Crippen molar-refractivity contribution in [3.63, 3.8) is 0 Å². The molecule has 0 aliphatic rings. The predicted molar refractivity (Wildman–Crippen MR) is 77.7 cm³/mol. The lowest BCUT2D eigenvalue weighted by atomic mass is 10.3. The van der Waals surface area contributed by atoms with Crippen molar-refractivity contribution in [3.8, 4) is 11.4 Å². The molecule has 0 aliphatic heterocycles. The van der Waals surface area contributed by atoms with E-state index in [1.807, 2.05) is 11.4 Å². The van der Waals surface area contributed by atoms with Crippen molar-refractivity contribution < 1.29 is 14.7 Å². The number of anilines is 1. The minimum atomic E-state index is -1.25. The Hall–Kier alpha value is -2.00. The molecule has 0 bridgehead atoms. The van der Waals surface area contributed by atoms with E-state index < -0.39 is 12.0 Å². The van der Waals surface area contributed by atoms with Gasteiger partial charge >= 0.3 is 6.09 Å². The van der Waals surface area contributed by atoms with E-state index in [2.05, 4.69) is 31.2 Å². The molecule has 20 heavy (non-hydrogen) atoms. The van der Waals surface area contributed by atoms with Gasteiger partial charge in [-0.1, -0.05) is 6.07 Å². The van der Waals surface area contributed by atoms with Crippen molar-refractivity contribution in [1.29, 1.82) is 0 Å². The van der Waals surface area contributed by atoms with Crippen molar-refractivity contribution in [2.45, 2.75) is 0 Å². The maximum Gasteiger partial charge on any atom is 0.405 e.